The molecular weight excluding hydrogens is 304 g/mol. The topological polar surface area (TPSA) is 63.6 Å². The van der Waals surface area contributed by atoms with E-state index in [2.05, 4.69) is 0 Å². The third-order valence-corrected chi connectivity index (χ3v) is 3.45. The fourth-order valence-electron chi connectivity index (χ4n) is 1.87. The van der Waals surface area contributed by atoms with Crippen molar-refractivity contribution in [1.82, 2.24) is 0 Å². The van der Waals surface area contributed by atoms with Gasteiger partial charge in [0.25, 0.3) is 0 Å². The van der Waals surface area contributed by atoms with Crippen molar-refractivity contribution in [2.45, 2.75) is 13.5 Å². The van der Waals surface area contributed by atoms with Crippen LogP contribution in [0.4, 0.5) is 0 Å². The summed E-state index contributed by atoms with van der Waals surface area (Å²) in [7, 11) is 0. The number of hydrogen-bond acceptors (Lipinski definition) is 4. The minimum Gasteiger partial charge on any atom is -0.454 e. The summed E-state index contributed by atoms with van der Waals surface area (Å²) < 4.78 is 5.00. The molecule has 2 rings (SSSR count). The molecule has 0 bridgehead atoms. The maximum absolute atomic E-state index is 11.9. The van der Waals surface area contributed by atoms with Crippen molar-refractivity contribution in [2.75, 3.05) is 6.61 Å². The highest BCUT2D eigenvalue weighted by Gasteiger charge is 2.14. The van der Waals surface area contributed by atoms with Gasteiger partial charge in [0.15, 0.2) is 12.4 Å². The van der Waals surface area contributed by atoms with Crippen molar-refractivity contribution in [3.8, 4) is 0 Å². The lowest BCUT2D eigenvalue weighted by Crippen LogP contribution is -2.14. The van der Waals surface area contributed by atoms with E-state index in [1.165, 1.54) is 0 Å². The summed E-state index contributed by atoms with van der Waals surface area (Å²) in [6.07, 6.45) is 0. The number of rotatable bonds is 5. The first-order valence-corrected chi connectivity index (χ1v) is 7.05. The monoisotopic (exact) mass is 318 g/mol. The van der Waals surface area contributed by atoms with Gasteiger partial charge in [0, 0.05) is 5.56 Å². The maximum Gasteiger partial charge on any atom is 0.340 e. The number of ketones is 1. The van der Waals surface area contributed by atoms with Gasteiger partial charge in [-0.05, 0) is 30.2 Å². The Morgan fingerprint density at radius 2 is 1.82 bits per heavy atom. The summed E-state index contributed by atoms with van der Waals surface area (Å²) >= 11 is 5.98. The molecule has 0 aliphatic rings. The Labute approximate surface area is 133 Å². The number of carbonyl (C=O) groups excluding carboxylic acids is 2. The normalized spacial score (nSPS) is 10.3. The molecule has 0 radical (unpaired) electrons. The van der Waals surface area contributed by atoms with Crippen LogP contribution in [0.3, 0.4) is 0 Å². The first-order chi connectivity index (χ1) is 10.5. The van der Waals surface area contributed by atoms with E-state index >= 15 is 0 Å². The zero-order chi connectivity index (χ0) is 16.1. The quantitative estimate of drug-likeness (QED) is 0.679. The number of benzene rings is 2. The molecule has 0 saturated heterocycles. The summed E-state index contributed by atoms with van der Waals surface area (Å²) in [5, 5.41) is 9.24. The number of hydrogen-bond donors (Lipinski definition) is 1. The summed E-state index contributed by atoms with van der Waals surface area (Å²) in [6.45, 7) is 1.41. The van der Waals surface area contributed by atoms with E-state index < -0.39 is 5.97 Å². The van der Waals surface area contributed by atoms with Crippen LogP contribution in [-0.2, 0) is 11.3 Å². The molecule has 0 saturated carbocycles. The average molecular weight is 319 g/mol. The zero-order valence-electron chi connectivity index (χ0n) is 12.0. The number of carbonyl (C=O) groups is 2. The smallest absolute Gasteiger partial charge is 0.340 e. The second-order valence-corrected chi connectivity index (χ2v) is 5.24. The van der Waals surface area contributed by atoms with Crippen LogP contribution in [-0.4, -0.2) is 23.5 Å². The molecule has 0 heterocycles. The van der Waals surface area contributed by atoms with Crippen LogP contribution in [0.15, 0.2) is 42.5 Å². The van der Waals surface area contributed by atoms with E-state index in [1.807, 2.05) is 6.92 Å². The number of aliphatic hydroxyl groups is 1. The van der Waals surface area contributed by atoms with Crippen LogP contribution < -0.4 is 0 Å². The molecule has 0 aliphatic carbocycles. The maximum atomic E-state index is 11.9. The molecule has 2 aromatic carbocycles. The van der Waals surface area contributed by atoms with E-state index in [1.54, 1.807) is 42.5 Å². The minimum absolute atomic E-state index is 0.0879. The lowest BCUT2D eigenvalue weighted by Gasteiger charge is -2.07. The second-order valence-electron chi connectivity index (χ2n) is 4.84. The SMILES string of the molecule is Cc1ccc(C(=O)OCC(=O)c2ccc(CO)cc2)c(Cl)c1. The van der Waals surface area contributed by atoms with Gasteiger partial charge in [0.1, 0.15) is 0 Å². The average Bonchev–Trinajstić information content (AvgIpc) is 2.52. The first kappa shape index (κ1) is 16.2. The molecule has 4 nitrogen and oxygen atoms in total. The zero-order valence-corrected chi connectivity index (χ0v) is 12.8. The van der Waals surface area contributed by atoms with Crippen molar-refractivity contribution in [2.24, 2.45) is 0 Å². The molecule has 1 N–H and O–H groups in total. The van der Waals surface area contributed by atoms with Gasteiger partial charge in [-0.25, -0.2) is 4.79 Å². The molecular formula is C17H15ClO4. The third kappa shape index (κ3) is 3.93. The van der Waals surface area contributed by atoms with Gasteiger partial charge in [-0.3, -0.25) is 4.79 Å². The Hall–Kier alpha value is -2.17. The fraction of sp³-hybridized carbons (Fsp3) is 0.176. The molecule has 0 aromatic heterocycles. The van der Waals surface area contributed by atoms with Gasteiger partial charge in [-0.15, -0.1) is 0 Å². The summed E-state index contributed by atoms with van der Waals surface area (Å²) in [5.41, 5.74) is 2.29. The second kappa shape index (κ2) is 7.20. The van der Waals surface area contributed by atoms with Gasteiger partial charge < -0.3 is 9.84 Å². The molecule has 2 aromatic rings. The largest absolute Gasteiger partial charge is 0.454 e. The van der Waals surface area contributed by atoms with Gasteiger partial charge in [0.05, 0.1) is 17.2 Å². The summed E-state index contributed by atoms with van der Waals surface area (Å²) in [4.78, 5) is 23.9. The van der Waals surface area contributed by atoms with Gasteiger partial charge in [0.2, 0.25) is 0 Å². The van der Waals surface area contributed by atoms with Crippen LogP contribution in [0.2, 0.25) is 5.02 Å². The van der Waals surface area contributed by atoms with Crippen molar-refractivity contribution in [3.63, 3.8) is 0 Å². The molecule has 0 unspecified atom stereocenters. The molecule has 0 amide bonds. The van der Waals surface area contributed by atoms with E-state index in [9.17, 15) is 9.59 Å². The number of esters is 1. The molecule has 22 heavy (non-hydrogen) atoms. The molecule has 114 valence electrons. The molecule has 0 aliphatic heterocycles. The molecule has 0 fully saturated rings. The van der Waals surface area contributed by atoms with Gasteiger partial charge >= 0.3 is 5.97 Å². The first-order valence-electron chi connectivity index (χ1n) is 6.67. The van der Waals surface area contributed by atoms with E-state index in [4.69, 9.17) is 21.4 Å². The van der Waals surface area contributed by atoms with E-state index in [-0.39, 0.29) is 24.6 Å². The predicted molar refractivity (Wildman–Crippen MR) is 83.2 cm³/mol. The highest BCUT2D eigenvalue weighted by molar-refractivity contribution is 6.33. The molecule has 5 heteroatoms. The highest BCUT2D eigenvalue weighted by Crippen LogP contribution is 2.18. The predicted octanol–water partition coefficient (Wildman–Crippen LogP) is 3.18. The van der Waals surface area contributed by atoms with Crippen molar-refractivity contribution in [1.29, 1.82) is 0 Å². The van der Waals surface area contributed by atoms with Gasteiger partial charge in [-0.1, -0.05) is 41.9 Å². The van der Waals surface area contributed by atoms with E-state index in [0.717, 1.165) is 5.56 Å². The Morgan fingerprint density at radius 1 is 1.14 bits per heavy atom. The summed E-state index contributed by atoms with van der Waals surface area (Å²) in [6, 6.07) is 11.4. The Morgan fingerprint density at radius 3 is 2.41 bits per heavy atom. The standard InChI is InChI=1S/C17H15ClO4/c1-11-2-7-14(15(18)8-11)17(21)22-10-16(20)13-5-3-12(9-19)4-6-13/h2-8,19H,9-10H2,1H3. The van der Waals surface area contributed by atoms with Gasteiger partial charge in [-0.2, -0.15) is 0 Å². The number of aryl methyl sites for hydroxylation is 1. The Bertz CT molecular complexity index is 692. The van der Waals surface area contributed by atoms with Crippen LogP contribution in [0.5, 0.6) is 0 Å². The molecule has 0 atom stereocenters. The van der Waals surface area contributed by atoms with Crippen LogP contribution in [0.1, 0.15) is 31.8 Å². The van der Waals surface area contributed by atoms with Crippen LogP contribution in [0, 0.1) is 6.92 Å². The summed E-state index contributed by atoms with van der Waals surface area (Å²) in [5.74, 6) is -0.952. The molecule has 0 spiro atoms. The number of halogens is 1. The van der Waals surface area contributed by atoms with Crippen molar-refractivity contribution >= 4 is 23.4 Å². The lowest BCUT2D eigenvalue weighted by molar-refractivity contribution is 0.0475. The van der Waals surface area contributed by atoms with Crippen LogP contribution in [0.25, 0.3) is 0 Å². The Balaban J connectivity index is 1.99. The lowest BCUT2D eigenvalue weighted by atomic mass is 10.1. The van der Waals surface area contributed by atoms with Crippen molar-refractivity contribution < 1.29 is 19.4 Å². The van der Waals surface area contributed by atoms with Crippen molar-refractivity contribution in [3.05, 3.63) is 69.7 Å². The number of aliphatic hydroxyl groups excluding tert-OH is 1. The van der Waals surface area contributed by atoms with E-state index in [0.29, 0.717) is 16.1 Å². The number of Topliss-reactive ketones (excluding diaryl/α,β-unsaturated/α-hetero) is 1. The minimum atomic E-state index is -0.634. The van der Waals surface area contributed by atoms with Crippen LogP contribution >= 0.6 is 11.6 Å². The Kier molecular flexibility index (Phi) is 5.31. The fourth-order valence-corrected chi connectivity index (χ4v) is 2.19. The number of ether oxygens (including phenoxy) is 1. The third-order valence-electron chi connectivity index (χ3n) is 3.14. The highest BCUT2D eigenvalue weighted by atomic mass is 35.5.